The first-order valence-electron chi connectivity index (χ1n) is 5.16. The molecule has 3 nitrogen and oxygen atoms in total. The summed E-state index contributed by atoms with van der Waals surface area (Å²) < 4.78 is 0.994. The molecule has 1 atom stereocenters. The summed E-state index contributed by atoms with van der Waals surface area (Å²) in [4.78, 5) is 4.35. The minimum absolute atomic E-state index is 0.000823. The fourth-order valence-electron chi connectivity index (χ4n) is 2.03. The molecule has 0 saturated carbocycles. The smallest absolute Gasteiger partial charge is 0.0503 e. The second-order valence-electron chi connectivity index (χ2n) is 4.23. The van der Waals surface area contributed by atoms with Crippen molar-refractivity contribution in [1.29, 1.82) is 0 Å². The molecule has 1 aliphatic rings. The number of rotatable bonds is 3. The van der Waals surface area contributed by atoms with Crippen molar-refractivity contribution in [3.63, 3.8) is 0 Å². The normalized spacial score (nSPS) is 25.7. The summed E-state index contributed by atoms with van der Waals surface area (Å²) in [5.74, 6) is 0. The van der Waals surface area contributed by atoms with Crippen LogP contribution < -0.4 is 5.32 Å². The third-order valence-electron chi connectivity index (χ3n) is 3.01. The Kier molecular flexibility index (Phi) is 3.38. The molecule has 2 N–H and O–H groups in total. The molecule has 1 aromatic rings. The second-order valence-corrected chi connectivity index (χ2v) is 5.15. The van der Waals surface area contributed by atoms with Crippen molar-refractivity contribution in [2.75, 3.05) is 19.7 Å². The van der Waals surface area contributed by atoms with Crippen LogP contribution in [0.5, 0.6) is 0 Å². The van der Waals surface area contributed by atoms with Crippen molar-refractivity contribution in [2.45, 2.75) is 12.8 Å². The zero-order chi connectivity index (χ0) is 10.7. The summed E-state index contributed by atoms with van der Waals surface area (Å²) in [7, 11) is 0. The summed E-state index contributed by atoms with van der Waals surface area (Å²) in [5, 5.41) is 12.8. The Morgan fingerprint density at radius 2 is 2.40 bits per heavy atom. The minimum atomic E-state index is 0.000823. The van der Waals surface area contributed by atoms with Crippen LogP contribution in [0, 0.1) is 5.41 Å². The van der Waals surface area contributed by atoms with Crippen LogP contribution in [-0.4, -0.2) is 29.8 Å². The molecule has 1 fully saturated rings. The Balaban J connectivity index is 2.09. The Labute approximate surface area is 98.0 Å². The van der Waals surface area contributed by atoms with E-state index < -0.39 is 0 Å². The van der Waals surface area contributed by atoms with Gasteiger partial charge in [-0.25, -0.2) is 0 Å². The van der Waals surface area contributed by atoms with Crippen LogP contribution in [-0.2, 0) is 6.42 Å². The van der Waals surface area contributed by atoms with Gasteiger partial charge < -0.3 is 10.4 Å². The molecule has 1 aliphatic heterocycles. The fraction of sp³-hybridized carbons (Fsp3) is 0.545. The quantitative estimate of drug-likeness (QED) is 0.872. The maximum atomic E-state index is 9.46. The second kappa shape index (κ2) is 4.60. The summed E-state index contributed by atoms with van der Waals surface area (Å²) in [6.45, 7) is 2.12. The molecule has 15 heavy (non-hydrogen) atoms. The van der Waals surface area contributed by atoms with Crippen molar-refractivity contribution < 1.29 is 5.11 Å². The highest BCUT2D eigenvalue weighted by Crippen LogP contribution is 2.28. The monoisotopic (exact) mass is 270 g/mol. The molecule has 4 heteroatoms. The average Bonchev–Trinajstić information content (AvgIpc) is 2.71. The topological polar surface area (TPSA) is 45.2 Å². The van der Waals surface area contributed by atoms with Gasteiger partial charge in [0.2, 0.25) is 0 Å². The number of nitrogens with one attached hydrogen (secondary N) is 1. The maximum Gasteiger partial charge on any atom is 0.0503 e. The molecule has 0 bridgehead atoms. The first kappa shape index (κ1) is 11.0. The van der Waals surface area contributed by atoms with Crippen molar-refractivity contribution in [3.05, 3.63) is 28.5 Å². The SMILES string of the molecule is OCC1(Cc2ccc(Br)cn2)CCNC1. The van der Waals surface area contributed by atoms with Gasteiger partial charge >= 0.3 is 0 Å². The fourth-order valence-corrected chi connectivity index (χ4v) is 2.27. The number of aliphatic hydroxyl groups excluding tert-OH is 1. The van der Waals surface area contributed by atoms with E-state index in [-0.39, 0.29) is 12.0 Å². The van der Waals surface area contributed by atoms with E-state index in [1.807, 2.05) is 18.3 Å². The summed E-state index contributed by atoms with van der Waals surface area (Å²) in [5.41, 5.74) is 1.05. The van der Waals surface area contributed by atoms with Gasteiger partial charge in [-0.1, -0.05) is 0 Å². The van der Waals surface area contributed by atoms with Gasteiger partial charge in [0, 0.05) is 28.3 Å². The lowest BCUT2D eigenvalue weighted by Crippen LogP contribution is -2.30. The molecule has 2 heterocycles. The Morgan fingerprint density at radius 1 is 1.53 bits per heavy atom. The minimum Gasteiger partial charge on any atom is -0.396 e. The van der Waals surface area contributed by atoms with E-state index in [1.54, 1.807) is 0 Å². The molecule has 0 amide bonds. The van der Waals surface area contributed by atoms with E-state index in [9.17, 15) is 5.11 Å². The standard InChI is InChI=1S/C11H15BrN2O/c12-9-1-2-10(14-6-9)5-11(8-15)3-4-13-7-11/h1-2,6,13,15H,3-5,7-8H2. The highest BCUT2D eigenvalue weighted by Gasteiger charge is 2.33. The van der Waals surface area contributed by atoms with Crippen LogP contribution in [0.1, 0.15) is 12.1 Å². The number of nitrogens with zero attached hydrogens (tertiary/aromatic N) is 1. The van der Waals surface area contributed by atoms with Gasteiger partial charge in [-0.3, -0.25) is 4.98 Å². The van der Waals surface area contributed by atoms with Crippen molar-refractivity contribution in [1.82, 2.24) is 10.3 Å². The molecule has 82 valence electrons. The molecule has 2 rings (SSSR count). The number of aliphatic hydroxyl groups is 1. The summed E-state index contributed by atoms with van der Waals surface area (Å²) in [6, 6.07) is 4.01. The largest absolute Gasteiger partial charge is 0.396 e. The van der Waals surface area contributed by atoms with Crippen LogP contribution in [0.3, 0.4) is 0 Å². The van der Waals surface area contributed by atoms with Crippen LogP contribution in [0.25, 0.3) is 0 Å². The van der Waals surface area contributed by atoms with Gasteiger partial charge in [0.15, 0.2) is 0 Å². The van der Waals surface area contributed by atoms with Crippen LogP contribution >= 0.6 is 15.9 Å². The van der Waals surface area contributed by atoms with Gasteiger partial charge in [0.05, 0.1) is 6.61 Å². The molecule has 0 radical (unpaired) electrons. The zero-order valence-corrected chi connectivity index (χ0v) is 10.1. The van der Waals surface area contributed by atoms with Gasteiger partial charge in [0.1, 0.15) is 0 Å². The van der Waals surface area contributed by atoms with Crippen molar-refractivity contribution >= 4 is 15.9 Å². The van der Waals surface area contributed by atoms with E-state index >= 15 is 0 Å². The van der Waals surface area contributed by atoms with E-state index in [2.05, 4.69) is 26.2 Å². The predicted molar refractivity (Wildman–Crippen MR) is 62.6 cm³/mol. The van der Waals surface area contributed by atoms with E-state index in [0.29, 0.717) is 0 Å². The molecule has 0 spiro atoms. The molecular formula is C11H15BrN2O. The van der Waals surface area contributed by atoms with Gasteiger partial charge in [-0.2, -0.15) is 0 Å². The summed E-state index contributed by atoms with van der Waals surface area (Å²) in [6.07, 6.45) is 3.69. The third kappa shape index (κ3) is 2.56. The van der Waals surface area contributed by atoms with E-state index in [4.69, 9.17) is 0 Å². The molecule has 1 aromatic heterocycles. The number of aromatic nitrogens is 1. The van der Waals surface area contributed by atoms with Crippen molar-refractivity contribution in [2.24, 2.45) is 5.41 Å². The molecule has 1 unspecified atom stereocenters. The molecule has 0 aromatic carbocycles. The number of pyridine rings is 1. The molecule has 0 aliphatic carbocycles. The highest BCUT2D eigenvalue weighted by atomic mass is 79.9. The van der Waals surface area contributed by atoms with Crippen LogP contribution in [0.2, 0.25) is 0 Å². The third-order valence-corrected chi connectivity index (χ3v) is 3.48. The van der Waals surface area contributed by atoms with Gasteiger partial charge in [-0.15, -0.1) is 0 Å². The van der Waals surface area contributed by atoms with E-state index in [1.165, 1.54) is 0 Å². The Bertz CT molecular complexity index is 320. The van der Waals surface area contributed by atoms with Crippen LogP contribution in [0.4, 0.5) is 0 Å². The van der Waals surface area contributed by atoms with E-state index in [0.717, 1.165) is 36.1 Å². The number of hydrogen-bond acceptors (Lipinski definition) is 3. The lowest BCUT2D eigenvalue weighted by atomic mass is 9.83. The van der Waals surface area contributed by atoms with Crippen LogP contribution in [0.15, 0.2) is 22.8 Å². The zero-order valence-electron chi connectivity index (χ0n) is 8.54. The lowest BCUT2D eigenvalue weighted by molar-refractivity contribution is 0.142. The highest BCUT2D eigenvalue weighted by molar-refractivity contribution is 9.10. The van der Waals surface area contributed by atoms with Gasteiger partial charge in [0.25, 0.3) is 0 Å². The first-order chi connectivity index (χ1) is 7.24. The van der Waals surface area contributed by atoms with Gasteiger partial charge in [-0.05, 0) is 47.4 Å². The number of halogens is 1. The van der Waals surface area contributed by atoms with Crippen molar-refractivity contribution in [3.8, 4) is 0 Å². The number of hydrogen-bond donors (Lipinski definition) is 2. The summed E-state index contributed by atoms with van der Waals surface area (Å²) >= 11 is 3.36. The Hall–Kier alpha value is -0.450. The first-order valence-corrected chi connectivity index (χ1v) is 5.95. The molecular weight excluding hydrogens is 256 g/mol. The molecule has 1 saturated heterocycles. The predicted octanol–water partition coefficient (Wildman–Crippen LogP) is 1.36. The maximum absolute atomic E-state index is 9.46. The lowest BCUT2D eigenvalue weighted by Gasteiger charge is -2.24. The Morgan fingerprint density at radius 3 is 2.93 bits per heavy atom. The average molecular weight is 271 g/mol.